The molecule has 1 N–H and O–H groups in total. The zero-order valence-electron chi connectivity index (χ0n) is 12.6. The Morgan fingerprint density at radius 2 is 1.80 bits per heavy atom. The molecule has 0 aliphatic carbocycles. The van der Waals surface area contributed by atoms with Crippen LogP contribution in [0.2, 0.25) is 0 Å². The monoisotopic (exact) mass is 276 g/mol. The zero-order valence-corrected chi connectivity index (χ0v) is 12.6. The standard InChI is InChI=1S/C16H24N2O2/c1-4-11-17-16(20)10-12-18(13(3)19)15-8-6-14(5-2)7-9-15/h6-9H,4-5,10-12H2,1-3H3,(H,17,20). The van der Waals surface area contributed by atoms with Gasteiger partial charge in [0, 0.05) is 32.1 Å². The molecule has 0 heterocycles. The number of rotatable bonds is 7. The second kappa shape index (κ2) is 8.35. The summed E-state index contributed by atoms with van der Waals surface area (Å²) in [5.41, 5.74) is 2.08. The van der Waals surface area contributed by atoms with Gasteiger partial charge in [-0.15, -0.1) is 0 Å². The Bertz CT molecular complexity index is 440. The average molecular weight is 276 g/mol. The van der Waals surface area contributed by atoms with E-state index in [2.05, 4.69) is 12.2 Å². The first-order chi connectivity index (χ1) is 9.58. The lowest BCUT2D eigenvalue weighted by Crippen LogP contribution is -2.34. The number of benzene rings is 1. The van der Waals surface area contributed by atoms with E-state index in [9.17, 15) is 9.59 Å². The van der Waals surface area contributed by atoms with Gasteiger partial charge in [0.05, 0.1) is 0 Å². The van der Waals surface area contributed by atoms with Gasteiger partial charge >= 0.3 is 0 Å². The Morgan fingerprint density at radius 1 is 1.15 bits per heavy atom. The molecule has 0 bridgehead atoms. The minimum atomic E-state index is -0.0439. The number of anilines is 1. The molecule has 4 heteroatoms. The summed E-state index contributed by atoms with van der Waals surface area (Å²) in [5, 5.41) is 2.82. The Morgan fingerprint density at radius 3 is 2.30 bits per heavy atom. The molecule has 0 radical (unpaired) electrons. The molecule has 1 aromatic carbocycles. The molecule has 0 fully saturated rings. The van der Waals surface area contributed by atoms with Gasteiger partial charge in [0.25, 0.3) is 0 Å². The van der Waals surface area contributed by atoms with E-state index < -0.39 is 0 Å². The minimum Gasteiger partial charge on any atom is -0.356 e. The fraction of sp³-hybridized carbons (Fsp3) is 0.500. The van der Waals surface area contributed by atoms with E-state index in [1.54, 1.807) is 4.90 Å². The normalized spacial score (nSPS) is 10.2. The topological polar surface area (TPSA) is 49.4 Å². The van der Waals surface area contributed by atoms with E-state index in [-0.39, 0.29) is 11.8 Å². The molecule has 0 aromatic heterocycles. The van der Waals surface area contributed by atoms with Crippen molar-refractivity contribution in [1.29, 1.82) is 0 Å². The van der Waals surface area contributed by atoms with Crippen molar-refractivity contribution < 1.29 is 9.59 Å². The predicted molar refractivity (Wildman–Crippen MR) is 81.8 cm³/mol. The van der Waals surface area contributed by atoms with Gasteiger partial charge in [0.2, 0.25) is 11.8 Å². The number of aryl methyl sites for hydroxylation is 1. The van der Waals surface area contributed by atoms with Crippen molar-refractivity contribution in [3.8, 4) is 0 Å². The molecule has 4 nitrogen and oxygen atoms in total. The van der Waals surface area contributed by atoms with Crippen LogP contribution in [0, 0.1) is 0 Å². The maximum atomic E-state index is 11.7. The summed E-state index contributed by atoms with van der Waals surface area (Å²) in [4.78, 5) is 25.0. The molecule has 0 saturated carbocycles. The van der Waals surface area contributed by atoms with Gasteiger partial charge < -0.3 is 10.2 Å². The number of amides is 2. The lowest BCUT2D eigenvalue weighted by molar-refractivity contribution is -0.121. The van der Waals surface area contributed by atoms with E-state index >= 15 is 0 Å². The number of hydrogen-bond donors (Lipinski definition) is 1. The maximum absolute atomic E-state index is 11.7. The highest BCUT2D eigenvalue weighted by molar-refractivity contribution is 5.92. The number of carbonyl (C=O) groups is 2. The zero-order chi connectivity index (χ0) is 15.0. The summed E-state index contributed by atoms with van der Waals surface area (Å²) in [5.74, 6) is -0.0548. The molecule has 0 atom stereocenters. The Balaban J connectivity index is 2.64. The highest BCUT2D eigenvalue weighted by atomic mass is 16.2. The van der Waals surface area contributed by atoms with Gasteiger partial charge in [-0.2, -0.15) is 0 Å². The van der Waals surface area contributed by atoms with Gasteiger partial charge in [-0.3, -0.25) is 9.59 Å². The van der Waals surface area contributed by atoms with Gasteiger partial charge in [0.15, 0.2) is 0 Å². The van der Waals surface area contributed by atoms with Crippen LogP contribution in [0.1, 0.15) is 39.2 Å². The predicted octanol–water partition coefficient (Wildman–Crippen LogP) is 2.52. The van der Waals surface area contributed by atoms with Gasteiger partial charge in [-0.1, -0.05) is 26.0 Å². The van der Waals surface area contributed by atoms with Crippen LogP contribution in [0.5, 0.6) is 0 Å². The Kier molecular flexibility index (Phi) is 6.77. The van der Waals surface area contributed by atoms with Crippen LogP contribution in [-0.4, -0.2) is 24.9 Å². The molecular formula is C16H24N2O2. The van der Waals surface area contributed by atoms with Crippen molar-refractivity contribution in [1.82, 2.24) is 5.32 Å². The summed E-state index contributed by atoms with van der Waals surface area (Å²) in [6.45, 7) is 6.73. The van der Waals surface area contributed by atoms with E-state index in [0.717, 1.165) is 18.5 Å². The number of nitrogens with one attached hydrogen (secondary N) is 1. The van der Waals surface area contributed by atoms with E-state index in [0.29, 0.717) is 19.5 Å². The van der Waals surface area contributed by atoms with Gasteiger partial charge in [-0.25, -0.2) is 0 Å². The first-order valence-electron chi connectivity index (χ1n) is 7.22. The smallest absolute Gasteiger partial charge is 0.223 e. The van der Waals surface area contributed by atoms with Crippen LogP contribution >= 0.6 is 0 Å². The van der Waals surface area contributed by atoms with Crippen LogP contribution in [0.25, 0.3) is 0 Å². The molecule has 2 amide bonds. The number of carbonyl (C=O) groups excluding carboxylic acids is 2. The van der Waals surface area contributed by atoms with Crippen molar-refractivity contribution in [3.63, 3.8) is 0 Å². The molecule has 0 aliphatic rings. The van der Waals surface area contributed by atoms with Crippen molar-refractivity contribution in [2.45, 2.75) is 40.0 Å². The SMILES string of the molecule is CCCNC(=O)CCN(C(C)=O)c1ccc(CC)cc1. The van der Waals surface area contributed by atoms with Crippen molar-refractivity contribution in [3.05, 3.63) is 29.8 Å². The Hall–Kier alpha value is -1.84. The minimum absolute atomic E-state index is 0.0109. The summed E-state index contributed by atoms with van der Waals surface area (Å²) >= 11 is 0. The summed E-state index contributed by atoms with van der Waals surface area (Å²) < 4.78 is 0. The van der Waals surface area contributed by atoms with E-state index in [1.807, 2.05) is 31.2 Å². The van der Waals surface area contributed by atoms with Crippen LogP contribution in [0.15, 0.2) is 24.3 Å². The fourth-order valence-electron chi connectivity index (χ4n) is 1.95. The molecule has 0 unspecified atom stereocenters. The van der Waals surface area contributed by atoms with Crippen LogP contribution in [-0.2, 0) is 16.0 Å². The highest BCUT2D eigenvalue weighted by Gasteiger charge is 2.13. The molecule has 0 aliphatic heterocycles. The second-order valence-electron chi connectivity index (χ2n) is 4.79. The van der Waals surface area contributed by atoms with E-state index in [1.165, 1.54) is 12.5 Å². The molecule has 1 aromatic rings. The molecule has 110 valence electrons. The maximum Gasteiger partial charge on any atom is 0.223 e. The van der Waals surface area contributed by atoms with Gasteiger partial charge in [0.1, 0.15) is 0 Å². The third kappa shape index (κ3) is 5.03. The van der Waals surface area contributed by atoms with Crippen LogP contribution in [0.3, 0.4) is 0 Å². The molecular weight excluding hydrogens is 252 g/mol. The number of nitrogens with zero attached hydrogens (tertiary/aromatic N) is 1. The van der Waals surface area contributed by atoms with Crippen LogP contribution < -0.4 is 10.2 Å². The second-order valence-corrected chi connectivity index (χ2v) is 4.79. The molecule has 0 spiro atoms. The lowest BCUT2D eigenvalue weighted by atomic mass is 10.1. The first-order valence-corrected chi connectivity index (χ1v) is 7.22. The van der Waals surface area contributed by atoms with Crippen molar-refractivity contribution in [2.75, 3.05) is 18.0 Å². The fourth-order valence-corrected chi connectivity index (χ4v) is 1.95. The number of hydrogen-bond acceptors (Lipinski definition) is 2. The highest BCUT2D eigenvalue weighted by Crippen LogP contribution is 2.16. The third-order valence-electron chi connectivity index (χ3n) is 3.17. The van der Waals surface area contributed by atoms with E-state index in [4.69, 9.17) is 0 Å². The summed E-state index contributed by atoms with van der Waals surface area (Å²) in [6.07, 6.45) is 2.22. The summed E-state index contributed by atoms with van der Waals surface area (Å²) in [7, 11) is 0. The van der Waals surface area contributed by atoms with Crippen molar-refractivity contribution in [2.24, 2.45) is 0 Å². The van der Waals surface area contributed by atoms with Gasteiger partial charge in [-0.05, 0) is 30.5 Å². The summed E-state index contributed by atoms with van der Waals surface area (Å²) in [6, 6.07) is 7.90. The molecule has 1 rings (SSSR count). The quantitative estimate of drug-likeness (QED) is 0.832. The molecule has 0 saturated heterocycles. The molecule has 20 heavy (non-hydrogen) atoms. The van der Waals surface area contributed by atoms with Crippen LogP contribution in [0.4, 0.5) is 5.69 Å². The largest absolute Gasteiger partial charge is 0.356 e. The first kappa shape index (κ1) is 16.2. The third-order valence-corrected chi connectivity index (χ3v) is 3.17. The lowest BCUT2D eigenvalue weighted by Gasteiger charge is -2.21. The van der Waals surface area contributed by atoms with Crippen molar-refractivity contribution >= 4 is 17.5 Å². The average Bonchev–Trinajstić information content (AvgIpc) is 2.45. The Labute approximate surface area is 121 Å².